The van der Waals surface area contributed by atoms with E-state index in [0.717, 1.165) is 5.69 Å². The zero-order valence-electron chi connectivity index (χ0n) is 29.1. The molecule has 9 aromatic carbocycles. The van der Waals surface area contributed by atoms with Crippen molar-refractivity contribution in [3.05, 3.63) is 175 Å². The van der Waals surface area contributed by atoms with Crippen molar-refractivity contribution in [2.24, 2.45) is 0 Å². The minimum absolute atomic E-state index is 0.0916. The summed E-state index contributed by atoms with van der Waals surface area (Å²) in [4.78, 5) is 2.50. The Morgan fingerprint density at radius 2 is 0.902 bits per heavy atom. The Kier molecular flexibility index (Phi) is 6.51. The lowest BCUT2D eigenvalue weighted by molar-refractivity contribution is 0.596. The van der Waals surface area contributed by atoms with Crippen LogP contribution in [-0.4, -0.2) is 0 Å². The van der Waals surface area contributed by atoms with Crippen LogP contribution in [0.25, 0.3) is 76.5 Å². The number of anilines is 3. The van der Waals surface area contributed by atoms with Crippen LogP contribution in [0.5, 0.6) is 0 Å². The molecule has 0 spiro atoms. The highest BCUT2D eigenvalue weighted by molar-refractivity contribution is 6.13. The number of rotatable bonds is 4. The molecular formula is C50H37N. The van der Waals surface area contributed by atoms with Crippen LogP contribution in [0.3, 0.4) is 0 Å². The van der Waals surface area contributed by atoms with Gasteiger partial charge in [-0.05, 0) is 137 Å². The van der Waals surface area contributed by atoms with Gasteiger partial charge < -0.3 is 4.90 Å². The van der Waals surface area contributed by atoms with E-state index in [4.69, 9.17) is 0 Å². The summed E-state index contributed by atoms with van der Waals surface area (Å²) >= 11 is 0. The molecule has 0 N–H and O–H groups in total. The molecule has 10 rings (SSSR count). The molecule has 9 aromatic rings. The van der Waals surface area contributed by atoms with E-state index in [1.165, 1.54) is 93.4 Å². The molecule has 0 aliphatic heterocycles. The van der Waals surface area contributed by atoms with E-state index in [2.05, 4.69) is 196 Å². The zero-order valence-corrected chi connectivity index (χ0v) is 29.1. The molecule has 242 valence electrons. The molecule has 0 fully saturated rings. The van der Waals surface area contributed by atoms with E-state index < -0.39 is 0 Å². The van der Waals surface area contributed by atoms with Gasteiger partial charge in [0, 0.05) is 11.1 Å². The van der Waals surface area contributed by atoms with Crippen molar-refractivity contribution in [2.75, 3.05) is 4.90 Å². The van der Waals surface area contributed by atoms with Gasteiger partial charge in [-0.2, -0.15) is 0 Å². The Bertz CT molecular complexity index is 2830. The van der Waals surface area contributed by atoms with Crippen molar-refractivity contribution in [1.29, 1.82) is 0 Å². The lowest BCUT2D eigenvalue weighted by Crippen LogP contribution is -2.20. The molecular weight excluding hydrogens is 615 g/mol. The van der Waals surface area contributed by atoms with E-state index >= 15 is 0 Å². The smallest absolute Gasteiger partial charge is 0.0540 e. The molecule has 1 heteroatoms. The summed E-state index contributed by atoms with van der Waals surface area (Å²) in [6, 6.07) is 63.0. The number of hydrogen-bond donors (Lipinski definition) is 0. The third kappa shape index (κ3) is 4.77. The van der Waals surface area contributed by atoms with Gasteiger partial charge in [0.25, 0.3) is 0 Å². The Morgan fingerprint density at radius 3 is 1.61 bits per heavy atom. The van der Waals surface area contributed by atoms with Crippen LogP contribution in [0.2, 0.25) is 0 Å². The SMILES string of the molecule is CC(C)(C)c1c(N(c2ccc3cc4c(cc3c2)-c2cc3cc(-c5ccccc5)ccc3cc2-4)c2cccc3ccccc23)ccc2ccccc12. The largest absolute Gasteiger partial charge is 0.310 e. The Hall–Kier alpha value is -6.18. The Balaban J connectivity index is 1.16. The van der Waals surface area contributed by atoms with Crippen molar-refractivity contribution in [3.8, 4) is 33.4 Å². The lowest BCUT2D eigenvalue weighted by atomic mass is 9.77. The number of fused-ring (bicyclic) bond motifs is 8. The van der Waals surface area contributed by atoms with Crippen LogP contribution in [0.15, 0.2) is 170 Å². The van der Waals surface area contributed by atoms with Gasteiger partial charge in [-0.15, -0.1) is 0 Å². The van der Waals surface area contributed by atoms with Gasteiger partial charge in [-0.1, -0.05) is 136 Å². The molecule has 1 aliphatic rings. The highest BCUT2D eigenvalue weighted by Crippen LogP contribution is 2.52. The van der Waals surface area contributed by atoms with E-state index in [-0.39, 0.29) is 5.41 Å². The van der Waals surface area contributed by atoms with Crippen LogP contribution < -0.4 is 4.90 Å². The first-order valence-corrected chi connectivity index (χ1v) is 17.9. The zero-order chi connectivity index (χ0) is 34.3. The predicted molar refractivity (Wildman–Crippen MR) is 220 cm³/mol. The summed E-state index contributed by atoms with van der Waals surface area (Å²) in [6.45, 7) is 7.01. The summed E-state index contributed by atoms with van der Waals surface area (Å²) in [7, 11) is 0. The molecule has 1 aliphatic carbocycles. The maximum atomic E-state index is 2.50. The highest BCUT2D eigenvalue weighted by Gasteiger charge is 2.28. The summed E-state index contributed by atoms with van der Waals surface area (Å²) in [5.74, 6) is 0. The summed E-state index contributed by atoms with van der Waals surface area (Å²) < 4.78 is 0. The molecule has 0 aromatic heterocycles. The van der Waals surface area contributed by atoms with E-state index in [9.17, 15) is 0 Å². The normalized spacial score (nSPS) is 12.2. The predicted octanol–water partition coefficient (Wildman–Crippen LogP) is 14.4. The van der Waals surface area contributed by atoms with Gasteiger partial charge in [0.05, 0.1) is 11.4 Å². The minimum Gasteiger partial charge on any atom is -0.310 e. The van der Waals surface area contributed by atoms with Crippen molar-refractivity contribution >= 4 is 60.2 Å². The fourth-order valence-electron chi connectivity index (χ4n) is 8.41. The summed E-state index contributed by atoms with van der Waals surface area (Å²) in [6.07, 6.45) is 0. The molecule has 0 bridgehead atoms. The fraction of sp³-hybridized carbons (Fsp3) is 0.0800. The second-order valence-corrected chi connectivity index (χ2v) is 15.0. The third-order valence-corrected chi connectivity index (χ3v) is 10.8. The van der Waals surface area contributed by atoms with E-state index in [1.54, 1.807) is 0 Å². The molecule has 0 heterocycles. The topological polar surface area (TPSA) is 3.24 Å². The van der Waals surface area contributed by atoms with Gasteiger partial charge in [-0.3, -0.25) is 0 Å². The molecule has 0 saturated carbocycles. The van der Waals surface area contributed by atoms with Crippen molar-refractivity contribution in [1.82, 2.24) is 0 Å². The first-order chi connectivity index (χ1) is 24.9. The number of hydrogen-bond acceptors (Lipinski definition) is 1. The van der Waals surface area contributed by atoms with Crippen LogP contribution in [0, 0.1) is 0 Å². The number of benzene rings is 9. The third-order valence-electron chi connectivity index (χ3n) is 10.8. The van der Waals surface area contributed by atoms with Crippen LogP contribution in [-0.2, 0) is 5.41 Å². The molecule has 1 nitrogen and oxygen atoms in total. The van der Waals surface area contributed by atoms with Crippen LogP contribution in [0.4, 0.5) is 17.1 Å². The van der Waals surface area contributed by atoms with Crippen molar-refractivity contribution in [3.63, 3.8) is 0 Å². The molecule has 0 radical (unpaired) electrons. The van der Waals surface area contributed by atoms with Crippen LogP contribution in [0.1, 0.15) is 26.3 Å². The molecule has 0 atom stereocenters. The molecule has 0 saturated heterocycles. The standard InChI is InChI=1S/C50H37N/c1-50(2,3)49-42-18-10-8-15-34(42)23-25-48(49)51(47-19-11-16-33-14-7-9-17-41(33)47)40-24-22-37-29-44-43-28-36-21-20-35(32-12-5-4-6-13-32)26-38(36)30-45(43)46(44)31-39(37)27-40/h4-31H,1-3H3. The van der Waals surface area contributed by atoms with Crippen molar-refractivity contribution in [2.45, 2.75) is 26.2 Å². The van der Waals surface area contributed by atoms with Gasteiger partial charge in [0.2, 0.25) is 0 Å². The monoisotopic (exact) mass is 651 g/mol. The van der Waals surface area contributed by atoms with Gasteiger partial charge in [-0.25, -0.2) is 0 Å². The van der Waals surface area contributed by atoms with Crippen molar-refractivity contribution < 1.29 is 0 Å². The highest BCUT2D eigenvalue weighted by atomic mass is 15.1. The van der Waals surface area contributed by atoms with Gasteiger partial charge >= 0.3 is 0 Å². The summed E-state index contributed by atoms with van der Waals surface area (Å²) in [5, 5.41) is 10.1. The van der Waals surface area contributed by atoms with Crippen LogP contribution >= 0.6 is 0 Å². The maximum absolute atomic E-state index is 2.50. The summed E-state index contributed by atoms with van der Waals surface area (Å²) in [5.41, 5.74) is 12.7. The first-order valence-electron chi connectivity index (χ1n) is 17.9. The Labute approximate surface area is 299 Å². The molecule has 0 unspecified atom stereocenters. The maximum Gasteiger partial charge on any atom is 0.0540 e. The second kappa shape index (κ2) is 11.2. The van der Waals surface area contributed by atoms with Gasteiger partial charge in [0.1, 0.15) is 0 Å². The van der Waals surface area contributed by atoms with E-state index in [1.807, 2.05) is 0 Å². The lowest BCUT2D eigenvalue weighted by Gasteiger charge is -2.34. The molecule has 51 heavy (non-hydrogen) atoms. The fourth-order valence-corrected chi connectivity index (χ4v) is 8.41. The second-order valence-electron chi connectivity index (χ2n) is 15.0. The van der Waals surface area contributed by atoms with Gasteiger partial charge in [0.15, 0.2) is 0 Å². The minimum atomic E-state index is -0.0916. The van der Waals surface area contributed by atoms with E-state index in [0.29, 0.717) is 0 Å². The quantitative estimate of drug-likeness (QED) is 0.183. The number of nitrogens with zero attached hydrogens (tertiary/aromatic N) is 1. The Morgan fingerprint density at radius 1 is 0.353 bits per heavy atom. The average Bonchev–Trinajstić information content (AvgIpc) is 3.16. The average molecular weight is 652 g/mol. The molecule has 0 amide bonds. The first kappa shape index (κ1) is 29.7.